The molecule has 0 N–H and O–H groups in total. The summed E-state index contributed by atoms with van der Waals surface area (Å²) < 4.78 is 49.4. The molecular formula is C9H18O6S2. The van der Waals surface area contributed by atoms with Crippen molar-refractivity contribution in [1.29, 1.82) is 0 Å². The summed E-state index contributed by atoms with van der Waals surface area (Å²) in [7, 11) is -6.88. The minimum Gasteiger partial charge on any atom is -0.466 e. The van der Waals surface area contributed by atoms with E-state index in [-0.39, 0.29) is 12.4 Å². The topological polar surface area (TPSA) is 94.6 Å². The molecule has 0 aromatic heterocycles. The number of hydrogen-bond donors (Lipinski definition) is 0. The van der Waals surface area contributed by atoms with Crippen molar-refractivity contribution in [3.8, 4) is 0 Å². The van der Waals surface area contributed by atoms with E-state index >= 15 is 0 Å². The molecule has 0 aliphatic heterocycles. The van der Waals surface area contributed by atoms with Crippen LogP contribution in [0, 0.1) is 5.92 Å². The summed E-state index contributed by atoms with van der Waals surface area (Å²) in [4.78, 5) is 11.2. The van der Waals surface area contributed by atoms with E-state index in [2.05, 4.69) is 4.74 Å². The van der Waals surface area contributed by atoms with E-state index in [1.165, 1.54) is 6.92 Å². The molecule has 102 valence electrons. The third-order valence-corrected chi connectivity index (χ3v) is 5.00. The van der Waals surface area contributed by atoms with Gasteiger partial charge in [0.05, 0.1) is 29.8 Å². The van der Waals surface area contributed by atoms with Gasteiger partial charge < -0.3 is 4.74 Å². The maximum Gasteiger partial charge on any atom is 0.309 e. The van der Waals surface area contributed by atoms with Crippen LogP contribution in [0.3, 0.4) is 0 Å². The molecule has 8 heteroatoms. The summed E-state index contributed by atoms with van der Waals surface area (Å²) in [5, 5.41) is 0. The molecule has 0 amide bonds. The highest BCUT2D eigenvalue weighted by atomic mass is 32.2. The van der Waals surface area contributed by atoms with Gasteiger partial charge in [-0.05, 0) is 6.92 Å². The fourth-order valence-corrected chi connectivity index (χ4v) is 4.39. The van der Waals surface area contributed by atoms with Crippen LogP contribution in [0.25, 0.3) is 0 Å². The molecule has 0 spiro atoms. The lowest BCUT2D eigenvalue weighted by Crippen LogP contribution is -2.27. The monoisotopic (exact) mass is 286 g/mol. The van der Waals surface area contributed by atoms with Crippen molar-refractivity contribution >= 4 is 25.6 Å². The molecule has 0 aliphatic carbocycles. The average molecular weight is 286 g/mol. The van der Waals surface area contributed by atoms with Crippen molar-refractivity contribution in [3.05, 3.63) is 0 Å². The van der Waals surface area contributed by atoms with Gasteiger partial charge in [-0.25, -0.2) is 16.8 Å². The number of rotatable bonds is 7. The minimum absolute atomic E-state index is 0.187. The lowest BCUT2D eigenvalue weighted by Gasteiger charge is -2.10. The van der Waals surface area contributed by atoms with Gasteiger partial charge in [0, 0.05) is 6.26 Å². The Bertz CT molecular complexity index is 448. The Kier molecular flexibility index (Phi) is 6.11. The zero-order valence-electron chi connectivity index (χ0n) is 10.2. The maximum absolute atomic E-state index is 11.5. The highest BCUT2D eigenvalue weighted by Gasteiger charge is 2.23. The summed E-state index contributed by atoms with van der Waals surface area (Å²) in [6.07, 6.45) is 0.970. The largest absolute Gasteiger partial charge is 0.466 e. The Hall–Kier alpha value is -0.630. The second kappa shape index (κ2) is 6.34. The lowest BCUT2D eigenvalue weighted by molar-refractivity contribution is -0.146. The van der Waals surface area contributed by atoms with Crippen molar-refractivity contribution in [3.63, 3.8) is 0 Å². The maximum atomic E-state index is 11.5. The van der Waals surface area contributed by atoms with Crippen molar-refractivity contribution in [2.24, 2.45) is 5.92 Å². The number of esters is 1. The smallest absolute Gasteiger partial charge is 0.309 e. The fraction of sp³-hybridized carbons (Fsp3) is 0.889. The van der Waals surface area contributed by atoms with Crippen LogP contribution in [-0.2, 0) is 29.2 Å². The zero-order chi connectivity index (χ0) is 13.7. The molecule has 0 aromatic carbocycles. The summed E-state index contributed by atoms with van der Waals surface area (Å²) in [5.41, 5.74) is 0. The van der Waals surface area contributed by atoms with E-state index in [0.717, 1.165) is 6.26 Å². The molecule has 0 saturated heterocycles. The van der Waals surface area contributed by atoms with Crippen LogP contribution in [0.4, 0.5) is 0 Å². The minimum atomic E-state index is -3.56. The van der Waals surface area contributed by atoms with E-state index in [0.29, 0.717) is 0 Å². The molecule has 17 heavy (non-hydrogen) atoms. The highest BCUT2D eigenvalue weighted by molar-refractivity contribution is 7.94. The number of hydrogen-bond acceptors (Lipinski definition) is 6. The summed E-state index contributed by atoms with van der Waals surface area (Å²) in [5.74, 6) is -2.64. The molecule has 0 radical (unpaired) electrons. The van der Waals surface area contributed by atoms with Gasteiger partial charge in [-0.3, -0.25) is 4.79 Å². The van der Waals surface area contributed by atoms with Crippen LogP contribution >= 0.6 is 0 Å². The molecule has 0 bridgehead atoms. The molecular weight excluding hydrogens is 268 g/mol. The van der Waals surface area contributed by atoms with Gasteiger partial charge in [-0.15, -0.1) is 0 Å². The first-order valence-corrected chi connectivity index (χ1v) is 9.00. The van der Waals surface area contributed by atoms with Crippen LogP contribution < -0.4 is 0 Å². The predicted molar refractivity (Wildman–Crippen MR) is 64.2 cm³/mol. The van der Waals surface area contributed by atoms with Crippen LogP contribution in [0.5, 0.6) is 0 Å². The van der Waals surface area contributed by atoms with Gasteiger partial charge in [0.1, 0.15) is 9.84 Å². The Balaban J connectivity index is 4.41. The van der Waals surface area contributed by atoms with Crippen molar-refractivity contribution in [1.82, 2.24) is 0 Å². The zero-order valence-corrected chi connectivity index (χ0v) is 11.8. The van der Waals surface area contributed by atoms with Crippen molar-refractivity contribution < 1.29 is 26.4 Å². The van der Waals surface area contributed by atoms with Crippen LogP contribution in [0.2, 0.25) is 0 Å². The van der Waals surface area contributed by atoms with Gasteiger partial charge in [0.25, 0.3) is 0 Å². The average Bonchev–Trinajstić information content (AvgIpc) is 2.14. The first-order chi connectivity index (χ1) is 7.57. The standard InChI is InChI=1S/C9H18O6S2/c1-4-15-9(10)8(2)7-17(13,14)6-5-16(3,11)12/h8H,4-7H2,1-3H3. The van der Waals surface area contributed by atoms with Crippen LogP contribution in [0.15, 0.2) is 0 Å². The Morgan fingerprint density at radius 3 is 2.12 bits per heavy atom. The van der Waals surface area contributed by atoms with E-state index in [1.54, 1.807) is 6.92 Å². The molecule has 0 fully saturated rings. The van der Waals surface area contributed by atoms with E-state index < -0.39 is 43.1 Å². The molecule has 0 aromatic rings. The lowest BCUT2D eigenvalue weighted by atomic mass is 10.2. The van der Waals surface area contributed by atoms with Crippen LogP contribution in [0.1, 0.15) is 13.8 Å². The first-order valence-electron chi connectivity index (χ1n) is 5.12. The third kappa shape index (κ3) is 8.14. The summed E-state index contributed by atoms with van der Waals surface area (Å²) in [6.45, 7) is 3.26. The van der Waals surface area contributed by atoms with Gasteiger partial charge in [-0.1, -0.05) is 6.92 Å². The Labute approximate surface area is 102 Å². The van der Waals surface area contributed by atoms with Crippen molar-refractivity contribution in [2.75, 3.05) is 30.1 Å². The summed E-state index contributed by atoms with van der Waals surface area (Å²) in [6, 6.07) is 0. The van der Waals surface area contributed by atoms with E-state index in [9.17, 15) is 21.6 Å². The number of sulfone groups is 2. The first kappa shape index (κ1) is 16.4. The van der Waals surface area contributed by atoms with Gasteiger partial charge in [0.15, 0.2) is 9.84 Å². The van der Waals surface area contributed by atoms with Gasteiger partial charge in [-0.2, -0.15) is 0 Å². The Morgan fingerprint density at radius 1 is 1.18 bits per heavy atom. The molecule has 0 rings (SSSR count). The molecule has 0 aliphatic rings. The number of carbonyl (C=O) groups is 1. The third-order valence-electron chi connectivity index (χ3n) is 1.96. The van der Waals surface area contributed by atoms with Gasteiger partial charge in [0.2, 0.25) is 0 Å². The Morgan fingerprint density at radius 2 is 1.71 bits per heavy atom. The van der Waals surface area contributed by atoms with Crippen molar-refractivity contribution in [2.45, 2.75) is 13.8 Å². The SMILES string of the molecule is CCOC(=O)C(C)CS(=O)(=O)CCS(C)(=O)=O. The number of carbonyl (C=O) groups excluding carboxylic acids is 1. The molecule has 0 saturated carbocycles. The second-order valence-corrected chi connectivity index (χ2v) is 8.39. The van der Waals surface area contributed by atoms with Crippen LogP contribution in [-0.4, -0.2) is 52.9 Å². The van der Waals surface area contributed by atoms with E-state index in [1.807, 2.05) is 0 Å². The molecule has 0 heterocycles. The number of ether oxygens (including phenoxy) is 1. The molecule has 1 atom stereocenters. The predicted octanol–water partition coefficient (Wildman–Crippen LogP) is -0.355. The van der Waals surface area contributed by atoms with Gasteiger partial charge >= 0.3 is 5.97 Å². The molecule has 6 nitrogen and oxygen atoms in total. The highest BCUT2D eigenvalue weighted by Crippen LogP contribution is 2.05. The fourth-order valence-electron chi connectivity index (χ4n) is 1.10. The van der Waals surface area contributed by atoms with E-state index in [4.69, 9.17) is 0 Å². The molecule has 1 unspecified atom stereocenters. The second-order valence-electron chi connectivity index (χ2n) is 3.90. The quantitative estimate of drug-likeness (QED) is 0.593. The normalized spacial score (nSPS) is 14.3. The summed E-state index contributed by atoms with van der Waals surface area (Å²) >= 11 is 0.